The van der Waals surface area contributed by atoms with Crippen molar-refractivity contribution in [3.63, 3.8) is 0 Å². The van der Waals surface area contributed by atoms with E-state index < -0.39 is 0 Å². The van der Waals surface area contributed by atoms with Crippen molar-refractivity contribution in [3.8, 4) is 0 Å². The number of nitrogens with one attached hydrogen (secondary N) is 2. The van der Waals surface area contributed by atoms with Gasteiger partial charge in [0.2, 0.25) is 5.91 Å². The molecule has 2 N–H and O–H groups in total. The first-order chi connectivity index (χ1) is 8.76. The van der Waals surface area contributed by atoms with E-state index in [0.29, 0.717) is 0 Å². The third-order valence-electron chi connectivity index (χ3n) is 4.46. The Labute approximate surface area is 122 Å². The van der Waals surface area contributed by atoms with Crippen LogP contribution in [0.4, 0.5) is 0 Å². The summed E-state index contributed by atoms with van der Waals surface area (Å²) in [4.78, 5) is 12.1. The van der Waals surface area contributed by atoms with Gasteiger partial charge in [-0.05, 0) is 38.8 Å². The Balaban J connectivity index is 0.00000180. The molecule has 0 aromatic carbocycles. The first kappa shape index (κ1) is 16.7. The maximum Gasteiger partial charge on any atom is 0.223 e. The Morgan fingerprint density at radius 3 is 2.53 bits per heavy atom. The fourth-order valence-electron chi connectivity index (χ4n) is 3.31. The fraction of sp³-hybridized carbons (Fsp3) is 0.929. The number of hydrogen-bond donors (Lipinski definition) is 2. The molecule has 0 spiro atoms. The molecule has 1 aliphatic heterocycles. The molecule has 112 valence electrons. The van der Waals surface area contributed by atoms with E-state index in [9.17, 15) is 4.79 Å². The number of methoxy groups -OCH3 is 1. The van der Waals surface area contributed by atoms with Gasteiger partial charge in [0, 0.05) is 25.0 Å². The second kappa shape index (κ2) is 8.08. The van der Waals surface area contributed by atoms with Gasteiger partial charge < -0.3 is 15.4 Å². The Kier molecular flexibility index (Phi) is 7.11. The summed E-state index contributed by atoms with van der Waals surface area (Å²) in [6.07, 6.45) is 6.87. The normalized spacial score (nSPS) is 22.8. The van der Waals surface area contributed by atoms with Gasteiger partial charge in [0.15, 0.2) is 0 Å². The van der Waals surface area contributed by atoms with Crippen LogP contribution in [0.3, 0.4) is 0 Å². The highest BCUT2D eigenvalue weighted by Crippen LogP contribution is 2.37. The van der Waals surface area contributed by atoms with Crippen LogP contribution in [0, 0.1) is 11.3 Å². The second-order valence-corrected chi connectivity index (χ2v) is 5.88. The highest BCUT2D eigenvalue weighted by molar-refractivity contribution is 5.85. The smallest absolute Gasteiger partial charge is 0.223 e. The Morgan fingerprint density at radius 1 is 1.32 bits per heavy atom. The van der Waals surface area contributed by atoms with Crippen molar-refractivity contribution in [2.45, 2.75) is 38.5 Å². The zero-order valence-corrected chi connectivity index (χ0v) is 12.7. The maximum atomic E-state index is 12.1. The lowest BCUT2D eigenvalue weighted by Gasteiger charge is -2.30. The summed E-state index contributed by atoms with van der Waals surface area (Å²) in [7, 11) is 1.76. The minimum Gasteiger partial charge on any atom is -0.384 e. The largest absolute Gasteiger partial charge is 0.384 e. The molecule has 1 saturated heterocycles. The van der Waals surface area contributed by atoms with E-state index >= 15 is 0 Å². The molecule has 0 bridgehead atoms. The summed E-state index contributed by atoms with van der Waals surface area (Å²) < 4.78 is 5.35. The summed E-state index contributed by atoms with van der Waals surface area (Å²) in [5.41, 5.74) is 0.206. The van der Waals surface area contributed by atoms with Crippen LogP contribution in [0.5, 0.6) is 0 Å². The quantitative estimate of drug-likeness (QED) is 0.811. The molecule has 2 rings (SSSR count). The van der Waals surface area contributed by atoms with Crippen LogP contribution < -0.4 is 10.6 Å². The standard InChI is InChI=1S/C14H26N2O2.ClH/c1-18-11-14(6-2-3-7-14)10-16-13(17)12-4-8-15-9-5-12;/h12,15H,2-11H2,1H3,(H,16,17);1H. The third kappa shape index (κ3) is 4.62. The molecule has 0 atom stereocenters. The third-order valence-corrected chi connectivity index (χ3v) is 4.46. The minimum absolute atomic E-state index is 0. The second-order valence-electron chi connectivity index (χ2n) is 5.88. The first-order valence-electron chi connectivity index (χ1n) is 7.23. The summed E-state index contributed by atoms with van der Waals surface area (Å²) >= 11 is 0. The number of ether oxygens (including phenoxy) is 1. The molecule has 0 aromatic rings. The van der Waals surface area contributed by atoms with E-state index in [1.54, 1.807) is 7.11 Å². The molecular weight excluding hydrogens is 264 g/mol. The highest BCUT2D eigenvalue weighted by atomic mass is 35.5. The van der Waals surface area contributed by atoms with Crippen LogP contribution >= 0.6 is 12.4 Å². The minimum atomic E-state index is 0. The van der Waals surface area contributed by atoms with Gasteiger partial charge in [-0.3, -0.25) is 4.79 Å². The highest BCUT2D eigenvalue weighted by Gasteiger charge is 2.34. The lowest BCUT2D eigenvalue weighted by atomic mass is 9.86. The van der Waals surface area contributed by atoms with Crippen molar-refractivity contribution >= 4 is 18.3 Å². The molecule has 0 radical (unpaired) electrons. The van der Waals surface area contributed by atoms with Crippen molar-refractivity contribution in [3.05, 3.63) is 0 Å². The van der Waals surface area contributed by atoms with Gasteiger partial charge >= 0.3 is 0 Å². The summed E-state index contributed by atoms with van der Waals surface area (Å²) in [5, 5.41) is 6.47. The van der Waals surface area contributed by atoms with Crippen LogP contribution in [0.2, 0.25) is 0 Å². The number of halogens is 1. The zero-order chi connectivity index (χ0) is 12.8. The van der Waals surface area contributed by atoms with Gasteiger partial charge in [-0.2, -0.15) is 0 Å². The van der Waals surface area contributed by atoms with Gasteiger partial charge in [-0.1, -0.05) is 12.8 Å². The molecule has 1 saturated carbocycles. The average molecular weight is 291 g/mol. The number of piperidine rings is 1. The topological polar surface area (TPSA) is 50.4 Å². The van der Waals surface area contributed by atoms with E-state index in [4.69, 9.17) is 4.74 Å². The van der Waals surface area contributed by atoms with Gasteiger partial charge in [-0.25, -0.2) is 0 Å². The first-order valence-corrected chi connectivity index (χ1v) is 7.23. The number of carbonyl (C=O) groups is 1. The van der Waals surface area contributed by atoms with Crippen LogP contribution in [0.15, 0.2) is 0 Å². The molecule has 1 heterocycles. The van der Waals surface area contributed by atoms with Crippen molar-refractivity contribution < 1.29 is 9.53 Å². The molecule has 5 heteroatoms. The summed E-state index contributed by atoms with van der Waals surface area (Å²) in [6, 6.07) is 0. The molecule has 19 heavy (non-hydrogen) atoms. The molecule has 1 amide bonds. The van der Waals surface area contributed by atoms with Crippen LogP contribution in [-0.2, 0) is 9.53 Å². The predicted molar refractivity (Wildman–Crippen MR) is 78.6 cm³/mol. The molecule has 4 nitrogen and oxygen atoms in total. The van der Waals surface area contributed by atoms with Crippen LogP contribution in [-0.4, -0.2) is 39.3 Å². The molecule has 0 aromatic heterocycles. The molecule has 2 fully saturated rings. The van der Waals surface area contributed by atoms with Crippen molar-refractivity contribution in [2.24, 2.45) is 11.3 Å². The van der Waals surface area contributed by atoms with Gasteiger partial charge in [0.05, 0.1) is 6.61 Å². The Morgan fingerprint density at radius 2 is 1.95 bits per heavy atom. The lowest BCUT2D eigenvalue weighted by Crippen LogP contribution is -2.43. The van der Waals surface area contributed by atoms with E-state index in [2.05, 4.69) is 10.6 Å². The zero-order valence-electron chi connectivity index (χ0n) is 11.9. The van der Waals surface area contributed by atoms with Crippen molar-refractivity contribution in [1.82, 2.24) is 10.6 Å². The number of amides is 1. The lowest BCUT2D eigenvalue weighted by molar-refractivity contribution is -0.126. The Bertz CT molecular complexity index is 275. The SMILES string of the molecule is COCC1(CNC(=O)C2CCNCC2)CCCC1.Cl. The molecule has 0 unspecified atom stereocenters. The van der Waals surface area contributed by atoms with Gasteiger partial charge in [0.25, 0.3) is 0 Å². The van der Waals surface area contributed by atoms with E-state index in [1.165, 1.54) is 25.7 Å². The van der Waals surface area contributed by atoms with E-state index in [0.717, 1.165) is 39.1 Å². The van der Waals surface area contributed by atoms with Gasteiger partial charge in [-0.15, -0.1) is 12.4 Å². The van der Waals surface area contributed by atoms with E-state index in [1.807, 2.05) is 0 Å². The summed E-state index contributed by atoms with van der Waals surface area (Å²) in [5.74, 6) is 0.464. The van der Waals surface area contributed by atoms with Crippen LogP contribution in [0.1, 0.15) is 38.5 Å². The van der Waals surface area contributed by atoms with Crippen molar-refractivity contribution in [1.29, 1.82) is 0 Å². The number of carbonyl (C=O) groups excluding carboxylic acids is 1. The number of hydrogen-bond acceptors (Lipinski definition) is 3. The fourth-order valence-corrected chi connectivity index (χ4v) is 3.31. The molecule has 2 aliphatic rings. The predicted octanol–water partition coefficient (Wildman–Crippen LogP) is 1.73. The summed E-state index contributed by atoms with van der Waals surface area (Å²) in [6.45, 7) is 3.52. The number of rotatable bonds is 5. The molecular formula is C14H27ClN2O2. The maximum absolute atomic E-state index is 12.1. The van der Waals surface area contributed by atoms with Crippen LogP contribution in [0.25, 0.3) is 0 Å². The monoisotopic (exact) mass is 290 g/mol. The Hall–Kier alpha value is -0.320. The average Bonchev–Trinajstić information content (AvgIpc) is 2.87. The molecule has 1 aliphatic carbocycles. The van der Waals surface area contributed by atoms with E-state index in [-0.39, 0.29) is 29.6 Å². The van der Waals surface area contributed by atoms with Crippen molar-refractivity contribution in [2.75, 3.05) is 33.4 Å². The van der Waals surface area contributed by atoms with Gasteiger partial charge in [0.1, 0.15) is 0 Å².